The molecule has 3 heteroatoms. The van der Waals surface area contributed by atoms with Crippen molar-refractivity contribution in [3.05, 3.63) is 47.0 Å². The number of aromatic nitrogens is 1. The van der Waals surface area contributed by atoms with Crippen molar-refractivity contribution in [3.8, 4) is 0 Å². The van der Waals surface area contributed by atoms with Crippen LogP contribution in [-0.2, 0) is 6.42 Å². The summed E-state index contributed by atoms with van der Waals surface area (Å²) in [5, 5.41) is 6.56. The Bertz CT molecular complexity index is 450. The highest BCUT2D eigenvalue weighted by Gasteiger charge is 2.06. The smallest absolute Gasteiger partial charge is 0.182 e. The zero-order valence-corrected chi connectivity index (χ0v) is 11.1. The highest BCUT2D eigenvalue weighted by atomic mass is 32.1. The van der Waals surface area contributed by atoms with Crippen LogP contribution >= 0.6 is 11.3 Å². The number of rotatable bonds is 5. The summed E-state index contributed by atoms with van der Waals surface area (Å²) in [6, 6.07) is 10.6. The van der Waals surface area contributed by atoms with Crippen molar-refractivity contribution in [1.82, 2.24) is 4.98 Å². The molecule has 1 N–H and O–H groups in total. The molecule has 1 aromatic carbocycles. The molecule has 0 saturated heterocycles. The third-order valence-electron chi connectivity index (χ3n) is 2.84. The third-order valence-corrected chi connectivity index (χ3v) is 3.69. The van der Waals surface area contributed by atoms with Crippen LogP contribution in [0.4, 0.5) is 5.13 Å². The van der Waals surface area contributed by atoms with Crippen molar-refractivity contribution < 1.29 is 0 Å². The molecule has 17 heavy (non-hydrogen) atoms. The van der Waals surface area contributed by atoms with Gasteiger partial charge in [-0.05, 0) is 17.9 Å². The molecule has 1 unspecified atom stereocenters. The number of thiazole rings is 1. The maximum absolute atomic E-state index is 4.50. The number of hydrogen-bond acceptors (Lipinski definition) is 3. The van der Waals surface area contributed by atoms with Gasteiger partial charge in [0.2, 0.25) is 0 Å². The minimum Gasteiger partial charge on any atom is -0.361 e. The van der Waals surface area contributed by atoms with Gasteiger partial charge in [0.15, 0.2) is 5.13 Å². The standard InChI is InChI=1S/C14H18N2S/c1-3-13-10-17-14(16-13)15-9-11(2)12-7-5-4-6-8-12/h4-8,10-11H,3,9H2,1-2H3,(H,15,16). The molecular weight excluding hydrogens is 228 g/mol. The van der Waals surface area contributed by atoms with Gasteiger partial charge in [0.05, 0.1) is 5.69 Å². The quantitative estimate of drug-likeness (QED) is 0.865. The molecule has 0 amide bonds. The van der Waals surface area contributed by atoms with Crippen molar-refractivity contribution in [2.75, 3.05) is 11.9 Å². The Morgan fingerprint density at radius 3 is 2.71 bits per heavy atom. The van der Waals surface area contributed by atoms with E-state index in [2.05, 4.69) is 59.9 Å². The van der Waals surface area contributed by atoms with E-state index in [1.165, 1.54) is 11.3 Å². The second-order valence-electron chi connectivity index (χ2n) is 4.19. The Hall–Kier alpha value is -1.35. The van der Waals surface area contributed by atoms with Gasteiger partial charge in [-0.1, -0.05) is 44.2 Å². The molecule has 0 aliphatic rings. The number of hydrogen-bond donors (Lipinski definition) is 1. The fourth-order valence-electron chi connectivity index (χ4n) is 1.69. The number of benzene rings is 1. The summed E-state index contributed by atoms with van der Waals surface area (Å²) in [5.41, 5.74) is 2.54. The summed E-state index contributed by atoms with van der Waals surface area (Å²) in [6.07, 6.45) is 1.01. The molecule has 90 valence electrons. The summed E-state index contributed by atoms with van der Waals surface area (Å²) in [4.78, 5) is 4.50. The fraction of sp³-hybridized carbons (Fsp3) is 0.357. The Morgan fingerprint density at radius 2 is 2.06 bits per heavy atom. The minimum absolute atomic E-state index is 0.505. The van der Waals surface area contributed by atoms with Crippen LogP contribution in [-0.4, -0.2) is 11.5 Å². The van der Waals surface area contributed by atoms with Gasteiger partial charge in [0.25, 0.3) is 0 Å². The second kappa shape index (κ2) is 5.82. The second-order valence-corrected chi connectivity index (χ2v) is 5.05. The van der Waals surface area contributed by atoms with E-state index in [1.807, 2.05) is 0 Å². The first kappa shape index (κ1) is 12.1. The van der Waals surface area contributed by atoms with Crippen LogP contribution in [0, 0.1) is 0 Å². The number of nitrogens with one attached hydrogen (secondary N) is 1. The van der Waals surface area contributed by atoms with E-state index in [0.717, 1.165) is 18.1 Å². The fourth-order valence-corrected chi connectivity index (χ4v) is 2.49. The predicted octanol–water partition coefficient (Wildman–Crippen LogP) is 3.92. The zero-order valence-electron chi connectivity index (χ0n) is 10.3. The van der Waals surface area contributed by atoms with Gasteiger partial charge in [0.1, 0.15) is 0 Å². The average molecular weight is 246 g/mol. The van der Waals surface area contributed by atoms with Gasteiger partial charge in [-0.15, -0.1) is 11.3 Å². The lowest BCUT2D eigenvalue weighted by Gasteiger charge is -2.12. The SMILES string of the molecule is CCc1csc(NCC(C)c2ccccc2)n1. The summed E-state index contributed by atoms with van der Waals surface area (Å²) in [5.74, 6) is 0.505. The molecule has 0 bridgehead atoms. The molecule has 0 saturated carbocycles. The van der Waals surface area contributed by atoms with Crippen LogP contribution in [0.25, 0.3) is 0 Å². The first-order valence-electron chi connectivity index (χ1n) is 6.02. The first-order valence-corrected chi connectivity index (χ1v) is 6.90. The van der Waals surface area contributed by atoms with E-state index >= 15 is 0 Å². The average Bonchev–Trinajstić information content (AvgIpc) is 2.85. The highest BCUT2D eigenvalue weighted by molar-refractivity contribution is 7.13. The minimum atomic E-state index is 0.505. The molecule has 1 heterocycles. The van der Waals surface area contributed by atoms with Crippen molar-refractivity contribution >= 4 is 16.5 Å². The largest absolute Gasteiger partial charge is 0.361 e. The Morgan fingerprint density at radius 1 is 1.29 bits per heavy atom. The van der Waals surface area contributed by atoms with Gasteiger partial charge in [0, 0.05) is 11.9 Å². The molecule has 2 aromatic rings. The summed E-state index contributed by atoms with van der Waals surface area (Å²) >= 11 is 1.69. The van der Waals surface area contributed by atoms with Crippen LogP contribution in [0.1, 0.15) is 31.0 Å². The molecule has 2 nitrogen and oxygen atoms in total. The van der Waals surface area contributed by atoms with Crippen molar-refractivity contribution in [1.29, 1.82) is 0 Å². The van der Waals surface area contributed by atoms with Crippen LogP contribution in [0.5, 0.6) is 0 Å². The monoisotopic (exact) mass is 246 g/mol. The van der Waals surface area contributed by atoms with E-state index < -0.39 is 0 Å². The lowest BCUT2D eigenvalue weighted by atomic mass is 10.0. The molecule has 2 rings (SSSR count). The number of aryl methyl sites for hydroxylation is 1. The number of anilines is 1. The molecule has 0 radical (unpaired) electrons. The lowest BCUT2D eigenvalue weighted by Crippen LogP contribution is -2.09. The summed E-state index contributed by atoms with van der Waals surface area (Å²) in [7, 11) is 0. The first-order chi connectivity index (χ1) is 8.29. The predicted molar refractivity (Wildman–Crippen MR) is 74.8 cm³/mol. The maximum Gasteiger partial charge on any atom is 0.182 e. The van der Waals surface area contributed by atoms with Crippen molar-refractivity contribution in [2.24, 2.45) is 0 Å². The van der Waals surface area contributed by atoms with Gasteiger partial charge in [-0.25, -0.2) is 4.98 Å². The molecular formula is C14H18N2S. The van der Waals surface area contributed by atoms with Crippen molar-refractivity contribution in [2.45, 2.75) is 26.2 Å². The van der Waals surface area contributed by atoms with E-state index in [0.29, 0.717) is 5.92 Å². The zero-order chi connectivity index (χ0) is 12.1. The van der Waals surface area contributed by atoms with E-state index in [9.17, 15) is 0 Å². The van der Waals surface area contributed by atoms with Gasteiger partial charge in [-0.2, -0.15) is 0 Å². The van der Waals surface area contributed by atoms with Crippen LogP contribution in [0.2, 0.25) is 0 Å². The van der Waals surface area contributed by atoms with Crippen LogP contribution in [0.15, 0.2) is 35.7 Å². The molecule has 1 aromatic heterocycles. The number of nitrogens with zero attached hydrogens (tertiary/aromatic N) is 1. The summed E-state index contributed by atoms with van der Waals surface area (Å²) in [6.45, 7) is 5.29. The molecule has 0 fully saturated rings. The Balaban J connectivity index is 1.90. The Kier molecular flexibility index (Phi) is 4.15. The summed E-state index contributed by atoms with van der Waals surface area (Å²) < 4.78 is 0. The lowest BCUT2D eigenvalue weighted by molar-refractivity contribution is 0.803. The Labute approximate surface area is 107 Å². The van der Waals surface area contributed by atoms with Crippen LogP contribution < -0.4 is 5.32 Å². The van der Waals surface area contributed by atoms with Gasteiger partial charge >= 0.3 is 0 Å². The normalized spacial score (nSPS) is 12.4. The topological polar surface area (TPSA) is 24.9 Å². The third kappa shape index (κ3) is 3.30. The van der Waals surface area contributed by atoms with Gasteiger partial charge in [-0.3, -0.25) is 0 Å². The van der Waals surface area contributed by atoms with Gasteiger partial charge < -0.3 is 5.32 Å². The maximum atomic E-state index is 4.50. The van der Waals surface area contributed by atoms with E-state index in [4.69, 9.17) is 0 Å². The van der Waals surface area contributed by atoms with Crippen LogP contribution in [0.3, 0.4) is 0 Å². The molecule has 0 aliphatic heterocycles. The van der Waals surface area contributed by atoms with E-state index in [-0.39, 0.29) is 0 Å². The van der Waals surface area contributed by atoms with E-state index in [1.54, 1.807) is 11.3 Å². The molecule has 0 spiro atoms. The van der Waals surface area contributed by atoms with Crippen molar-refractivity contribution in [3.63, 3.8) is 0 Å². The molecule has 1 atom stereocenters. The highest BCUT2D eigenvalue weighted by Crippen LogP contribution is 2.19. The molecule has 0 aliphatic carbocycles.